The first-order valence-electron chi connectivity index (χ1n) is 8.76. The van der Waals surface area contributed by atoms with Crippen molar-refractivity contribution in [3.05, 3.63) is 88.7 Å². The second-order valence-corrected chi connectivity index (χ2v) is 6.31. The zero-order valence-corrected chi connectivity index (χ0v) is 15.2. The summed E-state index contributed by atoms with van der Waals surface area (Å²) in [5, 5.41) is 10.4. The highest BCUT2D eigenvalue weighted by Crippen LogP contribution is 2.14. The summed E-state index contributed by atoms with van der Waals surface area (Å²) in [5.74, 6) is 0. The van der Waals surface area contributed by atoms with Gasteiger partial charge in [-0.1, -0.05) is 60.7 Å². The monoisotopic (exact) mass is 348 g/mol. The normalized spacial score (nSPS) is 10.5. The van der Waals surface area contributed by atoms with E-state index in [1.807, 2.05) is 67.1 Å². The van der Waals surface area contributed by atoms with Crippen molar-refractivity contribution in [1.29, 1.82) is 0 Å². The lowest BCUT2D eigenvalue weighted by molar-refractivity contribution is 0.240. The van der Waals surface area contributed by atoms with Crippen LogP contribution in [0.2, 0.25) is 0 Å². The van der Waals surface area contributed by atoms with Crippen LogP contribution >= 0.6 is 0 Å². The van der Waals surface area contributed by atoms with E-state index >= 15 is 0 Å². The van der Waals surface area contributed by atoms with Gasteiger partial charge < -0.3 is 10.6 Å². The van der Waals surface area contributed by atoms with Crippen LogP contribution < -0.4 is 10.6 Å². The minimum atomic E-state index is -0.177. The molecule has 134 valence electrons. The highest BCUT2D eigenvalue weighted by molar-refractivity contribution is 5.73. The maximum absolute atomic E-state index is 12.1. The van der Waals surface area contributed by atoms with Crippen LogP contribution in [0, 0.1) is 13.8 Å². The molecule has 0 aliphatic rings. The molecule has 1 heterocycles. The van der Waals surface area contributed by atoms with Gasteiger partial charge in [0.2, 0.25) is 0 Å². The van der Waals surface area contributed by atoms with Crippen molar-refractivity contribution in [2.45, 2.75) is 33.5 Å². The summed E-state index contributed by atoms with van der Waals surface area (Å²) in [6.07, 6.45) is 0. The second kappa shape index (κ2) is 8.34. The van der Waals surface area contributed by atoms with Crippen LogP contribution in [0.5, 0.6) is 0 Å². The number of hydrogen-bond donors (Lipinski definition) is 2. The first-order valence-corrected chi connectivity index (χ1v) is 8.76. The molecule has 0 fully saturated rings. The summed E-state index contributed by atoms with van der Waals surface area (Å²) >= 11 is 0. The second-order valence-electron chi connectivity index (χ2n) is 6.31. The van der Waals surface area contributed by atoms with E-state index in [4.69, 9.17) is 0 Å². The van der Waals surface area contributed by atoms with Crippen LogP contribution in [-0.2, 0) is 19.6 Å². The van der Waals surface area contributed by atoms with Gasteiger partial charge in [-0.2, -0.15) is 5.10 Å². The van der Waals surface area contributed by atoms with Gasteiger partial charge in [0, 0.05) is 24.3 Å². The Hall–Kier alpha value is -3.08. The maximum Gasteiger partial charge on any atom is 0.315 e. The van der Waals surface area contributed by atoms with Crippen molar-refractivity contribution in [2.75, 3.05) is 0 Å². The summed E-state index contributed by atoms with van der Waals surface area (Å²) in [6.45, 7) is 5.73. The molecular weight excluding hydrogens is 324 g/mol. The van der Waals surface area contributed by atoms with E-state index in [1.54, 1.807) is 0 Å². The van der Waals surface area contributed by atoms with E-state index < -0.39 is 0 Å². The predicted octanol–water partition coefficient (Wildman–Crippen LogP) is 3.55. The number of aryl methyl sites for hydroxylation is 1. The molecule has 0 atom stereocenters. The Balaban J connectivity index is 1.57. The van der Waals surface area contributed by atoms with E-state index in [2.05, 4.69) is 27.9 Å². The molecule has 2 aromatic carbocycles. The highest BCUT2D eigenvalue weighted by Gasteiger charge is 2.12. The molecule has 0 saturated carbocycles. The molecular formula is C21H24N4O. The zero-order chi connectivity index (χ0) is 18.4. The summed E-state index contributed by atoms with van der Waals surface area (Å²) in [4.78, 5) is 12.1. The molecule has 1 aromatic heterocycles. The number of carbonyl (C=O) groups excluding carboxylic acids is 1. The number of carbonyl (C=O) groups is 1. The minimum Gasteiger partial charge on any atom is -0.334 e. The van der Waals surface area contributed by atoms with Crippen molar-refractivity contribution < 1.29 is 4.79 Å². The van der Waals surface area contributed by atoms with Gasteiger partial charge in [-0.15, -0.1) is 0 Å². The summed E-state index contributed by atoms with van der Waals surface area (Å²) in [7, 11) is 0. The fourth-order valence-corrected chi connectivity index (χ4v) is 2.91. The van der Waals surface area contributed by atoms with Crippen LogP contribution in [0.25, 0.3) is 0 Å². The van der Waals surface area contributed by atoms with Gasteiger partial charge >= 0.3 is 6.03 Å². The van der Waals surface area contributed by atoms with Crippen molar-refractivity contribution in [3.63, 3.8) is 0 Å². The molecule has 0 radical (unpaired) electrons. The SMILES string of the molecule is Cc1nn(Cc2ccccc2)c(C)c1CNC(=O)NCc1ccccc1. The Morgan fingerprint density at radius 3 is 2.12 bits per heavy atom. The number of aromatic nitrogens is 2. The molecule has 0 aliphatic carbocycles. The van der Waals surface area contributed by atoms with Crippen molar-refractivity contribution in [1.82, 2.24) is 20.4 Å². The molecule has 3 rings (SSSR count). The third-order valence-corrected chi connectivity index (χ3v) is 4.43. The third-order valence-electron chi connectivity index (χ3n) is 4.43. The van der Waals surface area contributed by atoms with Gasteiger partial charge in [-0.05, 0) is 25.0 Å². The largest absolute Gasteiger partial charge is 0.334 e. The van der Waals surface area contributed by atoms with E-state index in [9.17, 15) is 4.79 Å². The average molecular weight is 348 g/mol. The lowest BCUT2D eigenvalue weighted by Gasteiger charge is -2.09. The number of amides is 2. The molecule has 26 heavy (non-hydrogen) atoms. The van der Waals surface area contributed by atoms with E-state index in [0.29, 0.717) is 13.1 Å². The Morgan fingerprint density at radius 2 is 1.46 bits per heavy atom. The molecule has 0 spiro atoms. The zero-order valence-electron chi connectivity index (χ0n) is 15.2. The Kier molecular flexibility index (Phi) is 5.69. The lowest BCUT2D eigenvalue weighted by Crippen LogP contribution is -2.34. The van der Waals surface area contributed by atoms with Gasteiger partial charge in [0.05, 0.1) is 12.2 Å². The molecule has 3 aromatic rings. The number of urea groups is 1. The fraction of sp³-hybridized carbons (Fsp3) is 0.238. The summed E-state index contributed by atoms with van der Waals surface area (Å²) < 4.78 is 1.99. The predicted molar refractivity (Wildman–Crippen MR) is 103 cm³/mol. The molecule has 5 nitrogen and oxygen atoms in total. The number of nitrogens with one attached hydrogen (secondary N) is 2. The van der Waals surface area contributed by atoms with Gasteiger partial charge in [0.1, 0.15) is 0 Å². The third kappa shape index (κ3) is 4.51. The van der Waals surface area contributed by atoms with Crippen LogP contribution in [0.3, 0.4) is 0 Å². The number of hydrogen-bond acceptors (Lipinski definition) is 2. The molecule has 2 N–H and O–H groups in total. The molecule has 5 heteroatoms. The quantitative estimate of drug-likeness (QED) is 0.716. The van der Waals surface area contributed by atoms with Gasteiger partial charge in [-0.3, -0.25) is 4.68 Å². The van der Waals surface area contributed by atoms with Crippen molar-refractivity contribution >= 4 is 6.03 Å². The first kappa shape index (κ1) is 17.7. The van der Waals surface area contributed by atoms with Crippen LogP contribution in [0.1, 0.15) is 28.1 Å². The standard InChI is InChI=1S/C21H24N4O/c1-16-20(14-23-21(26)22-13-18-9-5-3-6-10-18)17(2)25(24-16)15-19-11-7-4-8-12-19/h3-12H,13-15H2,1-2H3,(H2,22,23,26). The smallest absolute Gasteiger partial charge is 0.315 e. The van der Waals surface area contributed by atoms with E-state index in [0.717, 1.165) is 29.1 Å². The topological polar surface area (TPSA) is 59.0 Å². The number of nitrogens with zero attached hydrogens (tertiary/aromatic N) is 2. The van der Waals surface area contributed by atoms with Gasteiger partial charge in [-0.25, -0.2) is 4.79 Å². The Labute approximate surface area is 154 Å². The van der Waals surface area contributed by atoms with Gasteiger partial charge in [0.15, 0.2) is 0 Å². The van der Waals surface area contributed by atoms with Crippen molar-refractivity contribution in [3.8, 4) is 0 Å². The maximum atomic E-state index is 12.1. The Morgan fingerprint density at radius 1 is 0.885 bits per heavy atom. The first-order chi connectivity index (χ1) is 12.6. The Bertz CT molecular complexity index is 856. The molecule has 0 bridgehead atoms. The fourth-order valence-electron chi connectivity index (χ4n) is 2.91. The van der Waals surface area contributed by atoms with Crippen molar-refractivity contribution in [2.24, 2.45) is 0 Å². The van der Waals surface area contributed by atoms with E-state index in [1.165, 1.54) is 5.56 Å². The van der Waals surface area contributed by atoms with Crippen LogP contribution in [-0.4, -0.2) is 15.8 Å². The molecule has 0 saturated heterocycles. The molecule has 0 unspecified atom stereocenters. The van der Waals surface area contributed by atoms with Gasteiger partial charge in [0.25, 0.3) is 0 Å². The highest BCUT2D eigenvalue weighted by atomic mass is 16.2. The van der Waals surface area contributed by atoms with E-state index in [-0.39, 0.29) is 6.03 Å². The average Bonchev–Trinajstić information content (AvgIpc) is 2.93. The number of benzene rings is 2. The summed E-state index contributed by atoms with van der Waals surface area (Å²) in [5.41, 5.74) is 5.37. The minimum absolute atomic E-state index is 0.177. The van der Waals surface area contributed by atoms with Crippen LogP contribution in [0.4, 0.5) is 4.79 Å². The van der Waals surface area contributed by atoms with Crippen LogP contribution in [0.15, 0.2) is 60.7 Å². The number of rotatable bonds is 6. The summed E-state index contributed by atoms with van der Waals surface area (Å²) in [6, 6.07) is 19.9. The lowest BCUT2D eigenvalue weighted by atomic mass is 10.2. The molecule has 0 aliphatic heterocycles. The molecule has 2 amide bonds.